The Labute approximate surface area is 378 Å². The highest BCUT2D eigenvalue weighted by molar-refractivity contribution is 5.71. The fourth-order valence-corrected chi connectivity index (χ4v) is 7.59. The zero-order chi connectivity index (χ0) is 44.4. The van der Waals surface area contributed by atoms with Crippen molar-refractivity contribution >= 4 is 17.9 Å². The Kier molecular flexibility index (Phi) is 48.3. The third-order valence-electron chi connectivity index (χ3n) is 11.6. The molecule has 0 saturated carbocycles. The molecule has 0 aliphatic heterocycles. The number of ether oxygens (including phenoxy) is 3. The topological polar surface area (TPSA) is 78.9 Å². The third kappa shape index (κ3) is 48.5. The van der Waals surface area contributed by atoms with Gasteiger partial charge in [-0.2, -0.15) is 0 Å². The second-order valence-electron chi connectivity index (χ2n) is 17.8. The minimum atomic E-state index is -0.775. The van der Waals surface area contributed by atoms with Crippen molar-refractivity contribution in [2.75, 3.05) is 13.2 Å². The molecule has 0 radical (unpaired) electrons. The summed E-state index contributed by atoms with van der Waals surface area (Å²) in [5.74, 6) is -0.885. The molecule has 0 saturated heterocycles. The molecule has 61 heavy (non-hydrogen) atoms. The summed E-state index contributed by atoms with van der Waals surface area (Å²) in [5.41, 5.74) is 0. The Morgan fingerprint density at radius 3 is 0.951 bits per heavy atom. The van der Waals surface area contributed by atoms with E-state index in [4.69, 9.17) is 14.2 Å². The van der Waals surface area contributed by atoms with Crippen molar-refractivity contribution in [1.29, 1.82) is 0 Å². The van der Waals surface area contributed by atoms with Gasteiger partial charge in [-0.25, -0.2) is 0 Å². The lowest BCUT2D eigenvalue weighted by atomic mass is 10.1. The van der Waals surface area contributed by atoms with Crippen molar-refractivity contribution in [2.24, 2.45) is 0 Å². The molecule has 1 atom stereocenters. The second kappa shape index (κ2) is 50.3. The van der Waals surface area contributed by atoms with E-state index in [0.29, 0.717) is 19.3 Å². The van der Waals surface area contributed by atoms with E-state index in [1.807, 2.05) is 0 Å². The van der Waals surface area contributed by atoms with Gasteiger partial charge in [-0.3, -0.25) is 14.4 Å². The number of hydrogen-bond acceptors (Lipinski definition) is 6. The largest absolute Gasteiger partial charge is 0.462 e. The van der Waals surface area contributed by atoms with Crippen LogP contribution in [0.5, 0.6) is 0 Å². The summed E-state index contributed by atoms with van der Waals surface area (Å²) in [4.78, 5) is 37.9. The maximum Gasteiger partial charge on any atom is 0.306 e. The molecule has 0 spiro atoms. The van der Waals surface area contributed by atoms with Crippen LogP contribution in [-0.4, -0.2) is 37.2 Å². The molecule has 0 fully saturated rings. The fraction of sp³-hybridized carbons (Fsp3) is 0.836. The van der Waals surface area contributed by atoms with Crippen LogP contribution in [-0.2, 0) is 28.6 Å². The summed E-state index contributed by atoms with van der Waals surface area (Å²) in [6, 6.07) is 0. The fourth-order valence-electron chi connectivity index (χ4n) is 7.59. The monoisotopic (exact) mass is 857 g/mol. The molecule has 0 aliphatic carbocycles. The molecule has 0 rings (SSSR count). The molecule has 0 aliphatic rings. The number of esters is 3. The van der Waals surface area contributed by atoms with Gasteiger partial charge in [0.15, 0.2) is 6.10 Å². The molecular formula is C55H100O6. The SMILES string of the molecule is CCCCC/C=C\C/C=C\CCCCCCCC(=O)OC(COC(=O)CCCCCCCCCCC)COC(=O)CCCCCCCCCCC/C=C\CCCCCCCC. The van der Waals surface area contributed by atoms with Gasteiger partial charge in [0.05, 0.1) is 0 Å². The molecule has 0 aromatic heterocycles. The lowest BCUT2D eigenvalue weighted by Gasteiger charge is -2.18. The molecule has 356 valence electrons. The maximum absolute atomic E-state index is 12.8. The average Bonchev–Trinajstić information content (AvgIpc) is 3.26. The first-order valence-corrected chi connectivity index (χ1v) is 26.5. The number of hydrogen-bond donors (Lipinski definition) is 0. The van der Waals surface area contributed by atoms with E-state index in [2.05, 4.69) is 57.2 Å². The van der Waals surface area contributed by atoms with Crippen molar-refractivity contribution in [3.63, 3.8) is 0 Å². The summed E-state index contributed by atoms with van der Waals surface area (Å²) in [7, 11) is 0. The molecule has 0 heterocycles. The van der Waals surface area contributed by atoms with Crippen molar-refractivity contribution in [1.82, 2.24) is 0 Å². The van der Waals surface area contributed by atoms with Gasteiger partial charge < -0.3 is 14.2 Å². The van der Waals surface area contributed by atoms with Gasteiger partial charge in [-0.15, -0.1) is 0 Å². The number of carbonyl (C=O) groups excluding carboxylic acids is 3. The first-order valence-electron chi connectivity index (χ1n) is 26.5. The molecule has 0 bridgehead atoms. The highest BCUT2D eigenvalue weighted by atomic mass is 16.6. The van der Waals surface area contributed by atoms with Gasteiger partial charge in [-0.1, -0.05) is 218 Å². The number of unbranched alkanes of at least 4 members (excludes halogenated alkanes) is 31. The Morgan fingerprint density at radius 1 is 0.328 bits per heavy atom. The summed E-state index contributed by atoms with van der Waals surface area (Å²) < 4.78 is 16.8. The van der Waals surface area contributed by atoms with Crippen molar-refractivity contribution in [2.45, 2.75) is 284 Å². The maximum atomic E-state index is 12.8. The van der Waals surface area contributed by atoms with E-state index in [1.165, 1.54) is 154 Å². The first-order chi connectivity index (χ1) is 30.0. The van der Waals surface area contributed by atoms with Crippen LogP contribution < -0.4 is 0 Å². The van der Waals surface area contributed by atoms with Crippen LogP contribution in [0.1, 0.15) is 278 Å². The highest BCUT2D eigenvalue weighted by Gasteiger charge is 2.19. The second-order valence-corrected chi connectivity index (χ2v) is 17.8. The summed E-state index contributed by atoms with van der Waals surface area (Å²) in [5, 5.41) is 0. The molecule has 0 aromatic rings. The third-order valence-corrected chi connectivity index (χ3v) is 11.6. The predicted octanol–water partition coefficient (Wildman–Crippen LogP) is 17.3. The van der Waals surface area contributed by atoms with Crippen LogP contribution >= 0.6 is 0 Å². The van der Waals surface area contributed by atoms with E-state index in [1.54, 1.807) is 0 Å². The average molecular weight is 857 g/mol. The summed E-state index contributed by atoms with van der Waals surface area (Å²) in [6.07, 6.45) is 58.5. The van der Waals surface area contributed by atoms with Crippen LogP contribution in [0, 0.1) is 0 Å². The number of rotatable bonds is 48. The molecular weight excluding hydrogens is 757 g/mol. The Hall–Kier alpha value is -2.37. The van der Waals surface area contributed by atoms with E-state index < -0.39 is 6.10 Å². The molecule has 0 N–H and O–H groups in total. The smallest absolute Gasteiger partial charge is 0.306 e. The number of allylic oxidation sites excluding steroid dienone is 6. The van der Waals surface area contributed by atoms with Gasteiger partial charge in [0.2, 0.25) is 0 Å². The van der Waals surface area contributed by atoms with E-state index in [-0.39, 0.29) is 31.1 Å². The zero-order valence-electron chi connectivity index (χ0n) is 40.7. The molecule has 6 heteroatoms. The van der Waals surface area contributed by atoms with Crippen LogP contribution in [0.15, 0.2) is 36.5 Å². The standard InChI is InChI=1S/C55H100O6/c1-4-7-10-13-16-19-21-23-25-26-27-28-30-31-33-36-39-42-45-48-54(57)60-51-52(50-59-53(56)47-44-41-38-35-18-15-12-9-6-3)61-55(58)49-46-43-40-37-34-32-29-24-22-20-17-14-11-8-5-2/h17,20,23-25,29,52H,4-16,18-19,21-22,26-28,30-51H2,1-3H3/b20-17-,25-23-,29-24-. The van der Waals surface area contributed by atoms with Crippen LogP contribution in [0.2, 0.25) is 0 Å². The zero-order valence-corrected chi connectivity index (χ0v) is 40.7. The van der Waals surface area contributed by atoms with Gasteiger partial charge in [0.1, 0.15) is 13.2 Å². The Morgan fingerprint density at radius 2 is 0.590 bits per heavy atom. The van der Waals surface area contributed by atoms with Gasteiger partial charge in [0, 0.05) is 19.3 Å². The van der Waals surface area contributed by atoms with Crippen molar-refractivity contribution in [3.05, 3.63) is 36.5 Å². The molecule has 6 nitrogen and oxygen atoms in total. The predicted molar refractivity (Wildman–Crippen MR) is 261 cm³/mol. The van der Waals surface area contributed by atoms with Crippen LogP contribution in [0.25, 0.3) is 0 Å². The summed E-state index contributed by atoms with van der Waals surface area (Å²) >= 11 is 0. The number of carbonyl (C=O) groups is 3. The van der Waals surface area contributed by atoms with Crippen LogP contribution in [0.3, 0.4) is 0 Å². The molecule has 0 aromatic carbocycles. The highest BCUT2D eigenvalue weighted by Crippen LogP contribution is 2.15. The lowest BCUT2D eigenvalue weighted by Crippen LogP contribution is -2.30. The minimum Gasteiger partial charge on any atom is -0.462 e. The minimum absolute atomic E-state index is 0.0760. The van der Waals surface area contributed by atoms with Crippen molar-refractivity contribution in [3.8, 4) is 0 Å². The molecule has 1 unspecified atom stereocenters. The van der Waals surface area contributed by atoms with Gasteiger partial charge in [-0.05, 0) is 77.0 Å². The van der Waals surface area contributed by atoms with E-state index in [0.717, 1.165) is 83.5 Å². The quantitative estimate of drug-likeness (QED) is 0.0262. The molecule has 0 amide bonds. The van der Waals surface area contributed by atoms with Gasteiger partial charge in [0.25, 0.3) is 0 Å². The normalized spacial score (nSPS) is 12.2. The van der Waals surface area contributed by atoms with Gasteiger partial charge >= 0.3 is 17.9 Å². The van der Waals surface area contributed by atoms with Crippen LogP contribution in [0.4, 0.5) is 0 Å². The Bertz CT molecular complexity index is 1030. The Balaban J connectivity index is 4.29. The first kappa shape index (κ1) is 58.6. The summed E-state index contributed by atoms with van der Waals surface area (Å²) in [6.45, 7) is 6.60. The van der Waals surface area contributed by atoms with E-state index in [9.17, 15) is 14.4 Å². The van der Waals surface area contributed by atoms with E-state index >= 15 is 0 Å². The van der Waals surface area contributed by atoms with Crippen molar-refractivity contribution < 1.29 is 28.6 Å². The lowest BCUT2D eigenvalue weighted by molar-refractivity contribution is -0.167.